The van der Waals surface area contributed by atoms with Crippen LogP contribution in [0, 0.1) is 0 Å². The van der Waals surface area contributed by atoms with E-state index in [-0.39, 0.29) is 5.56 Å². The van der Waals surface area contributed by atoms with Crippen LogP contribution >= 0.6 is 0 Å². The van der Waals surface area contributed by atoms with Gasteiger partial charge in [-0.15, -0.1) is 0 Å². The number of ketones is 1. The van der Waals surface area contributed by atoms with Crippen LogP contribution in [0.2, 0.25) is 0 Å². The summed E-state index contributed by atoms with van der Waals surface area (Å²) in [6.45, 7) is 1.31. The molecule has 2 rings (SSSR count). The second-order valence-corrected chi connectivity index (χ2v) is 3.59. The van der Waals surface area contributed by atoms with Crippen molar-refractivity contribution >= 4 is 17.4 Å². The van der Waals surface area contributed by atoms with Crippen LogP contribution in [0.15, 0.2) is 18.2 Å². The van der Waals surface area contributed by atoms with Crippen molar-refractivity contribution in [2.24, 2.45) is 0 Å². The van der Waals surface area contributed by atoms with E-state index >= 15 is 0 Å². The summed E-state index contributed by atoms with van der Waals surface area (Å²) in [7, 11) is 1.87. The molecule has 0 aromatic heterocycles. The molecule has 1 aliphatic heterocycles. The van der Waals surface area contributed by atoms with E-state index < -0.39 is 11.8 Å². The number of hydrogen-bond donors (Lipinski definition) is 1. The van der Waals surface area contributed by atoms with E-state index in [1.54, 1.807) is 12.1 Å². The number of carboxylic acids is 1. The largest absolute Gasteiger partial charge is 0.490 e. The highest BCUT2D eigenvalue weighted by molar-refractivity contribution is 6.40. The fraction of sp³-hybridized carbons (Fsp3) is 0.273. The lowest BCUT2D eigenvalue weighted by atomic mass is 10.1. The summed E-state index contributed by atoms with van der Waals surface area (Å²) in [6.07, 6.45) is 0. The second-order valence-electron chi connectivity index (χ2n) is 3.59. The number of Topliss-reactive ketones (excluding diaryl/α,β-unsaturated/α-hetero) is 1. The summed E-state index contributed by atoms with van der Waals surface area (Å²) in [5, 5.41) is 8.61. The molecule has 0 bridgehead atoms. The van der Waals surface area contributed by atoms with Crippen LogP contribution in [0.25, 0.3) is 0 Å². The van der Waals surface area contributed by atoms with Crippen LogP contribution in [0.1, 0.15) is 10.4 Å². The first kappa shape index (κ1) is 10.5. The van der Waals surface area contributed by atoms with Gasteiger partial charge in [-0.2, -0.15) is 0 Å². The normalized spacial score (nSPS) is 13.9. The van der Waals surface area contributed by atoms with E-state index in [1.807, 2.05) is 11.9 Å². The molecule has 1 aliphatic rings. The lowest BCUT2D eigenvalue weighted by Crippen LogP contribution is -2.29. The second kappa shape index (κ2) is 3.84. The van der Waals surface area contributed by atoms with Crippen LogP contribution in [0.3, 0.4) is 0 Å². The van der Waals surface area contributed by atoms with Gasteiger partial charge in [0.2, 0.25) is 0 Å². The zero-order valence-electron chi connectivity index (χ0n) is 8.77. The van der Waals surface area contributed by atoms with Gasteiger partial charge < -0.3 is 14.7 Å². The number of hydrogen-bond acceptors (Lipinski definition) is 4. The fourth-order valence-corrected chi connectivity index (χ4v) is 1.62. The molecule has 0 radical (unpaired) electrons. The summed E-state index contributed by atoms with van der Waals surface area (Å²) in [6, 6.07) is 4.64. The molecule has 0 saturated heterocycles. The first-order chi connectivity index (χ1) is 7.59. The molecule has 84 valence electrons. The number of nitrogens with zero attached hydrogens (tertiary/aromatic N) is 1. The predicted molar refractivity (Wildman–Crippen MR) is 57.2 cm³/mol. The molecule has 0 saturated carbocycles. The molecule has 16 heavy (non-hydrogen) atoms. The molecule has 0 spiro atoms. The Kier molecular flexibility index (Phi) is 2.52. The monoisotopic (exact) mass is 221 g/mol. The highest BCUT2D eigenvalue weighted by Gasteiger charge is 2.20. The minimum atomic E-state index is -1.45. The number of anilines is 1. The average Bonchev–Trinajstić information content (AvgIpc) is 2.28. The summed E-state index contributed by atoms with van der Waals surface area (Å²) >= 11 is 0. The molecule has 0 amide bonds. The van der Waals surface area contributed by atoms with Gasteiger partial charge in [-0.1, -0.05) is 0 Å². The maximum atomic E-state index is 11.3. The molecule has 5 nitrogen and oxygen atoms in total. The molecular weight excluding hydrogens is 210 g/mol. The average molecular weight is 221 g/mol. The third kappa shape index (κ3) is 1.71. The molecule has 0 unspecified atom stereocenters. The van der Waals surface area contributed by atoms with Crippen molar-refractivity contribution in [3.05, 3.63) is 23.8 Å². The van der Waals surface area contributed by atoms with Crippen LogP contribution in [0.5, 0.6) is 5.75 Å². The predicted octanol–water partition coefficient (Wildman–Crippen LogP) is 0.782. The van der Waals surface area contributed by atoms with Crippen molar-refractivity contribution < 1.29 is 19.4 Å². The number of carbonyl (C=O) groups is 2. The highest BCUT2D eigenvalue weighted by Crippen LogP contribution is 2.31. The molecule has 0 fully saturated rings. The van der Waals surface area contributed by atoms with E-state index in [1.165, 1.54) is 6.07 Å². The van der Waals surface area contributed by atoms with E-state index in [0.717, 1.165) is 12.2 Å². The quantitative estimate of drug-likeness (QED) is 0.590. The van der Waals surface area contributed by atoms with Gasteiger partial charge >= 0.3 is 5.97 Å². The number of carboxylic acid groups (broad SMARTS) is 1. The van der Waals surface area contributed by atoms with Crippen LogP contribution < -0.4 is 9.64 Å². The van der Waals surface area contributed by atoms with Crippen molar-refractivity contribution in [2.45, 2.75) is 0 Å². The maximum absolute atomic E-state index is 11.3. The van der Waals surface area contributed by atoms with Crippen LogP contribution in [-0.2, 0) is 4.79 Å². The first-order valence-electron chi connectivity index (χ1n) is 4.85. The van der Waals surface area contributed by atoms with Crippen LogP contribution in [0.4, 0.5) is 5.69 Å². The first-order valence-corrected chi connectivity index (χ1v) is 4.85. The van der Waals surface area contributed by atoms with E-state index in [9.17, 15) is 9.59 Å². The van der Waals surface area contributed by atoms with Crippen LogP contribution in [-0.4, -0.2) is 37.1 Å². The van der Waals surface area contributed by atoms with Crippen molar-refractivity contribution in [3.63, 3.8) is 0 Å². The molecular formula is C11H11NO4. The molecule has 1 aromatic rings. The smallest absolute Gasteiger partial charge is 0.377 e. The number of aliphatic carboxylic acids is 1. The SMILES string of the molecule is CN1CCOc2ccc(C(=O)C(=O)O)cc21. The number of fused-ring (bicyclic) bond motifs is 1. The Morgan fingerprint density at radius 2 is 2.19 bits per heavy atom. The molecule has 1 N–H and O–H groups in total. The third-order valence-electron chi connectivity index (χ3n) is 2.51. The van der Waals surface area contributed by atoms with Crippen molar-refractivity contribution in [1.29, 1.82) is 0 Å². The van der Waals surface area contributed by atoms with Gasteiger partial charge in [0.1, 0.15) is 12.4 Å². The zero-order chi connectivity index (χ0) is 11.7. The molecule has 1 aromatic carbocycles. The number of carbonyl (C=O) groups excluding carboxylic acids is 1. The summed E-state index contributed by atoms with van der Waals surface area (Å²) in [4.78, 5) is 23.8. The maximum Gasteiger partial charge on any atom is 0.377 e. The minimum absolute atomic E-state index is 0.170. The van der Waals surface area contributed by atoms with Gasteiger partial charge in [0.05, 0.1) is 12.2 Å². The van der Waals surface area contributed by atoms with Gasteiger partial charge in [-0.25, -0.2) is 4.79 Å². The Hall–Kier alpha value is -2.04. The van der Waals surface area contributed by atoms with Gasteiger partial charge in [0, 0.05) is 12.6 Å². The zero-order valence-corrected chi connectivity index (χ0v) is 8.77. The molecule has 1 heterocycles. The third-order valence-corrected chi connectivity index (χ3v) is 2.51. The Morgan fingerprint density at radius 3 is 2.88 bits per heavy atom. The minimum Gasteiger partial charge on any atom is -0.490 e. The standard InChI is InChI=1S/C11H11NO4/c1-12-4-5-16-9-3-2-7(6-8(9)12)10(13)11(14)15/h2-3,6H,4-5H2,1H3,(H,14,15). The van der Waals surface area contributed by atoms with E-state index in [0.29, 0.717) is 12.4 Å². The van der Waals surface area contributed by atoms with E-state index in [4.69, 9.17) is 9.84 Å². The van der Waals surface area contributed by atoms with Gasteiger partial charge in [-0.05, 0) is 18.2 Å². The van der Waals surface area contributed by atoms with Gasteiger partial charge in [0.15, 0.2) is 0 Å². The fourth-order valence-electron chi connectivity index (χ4n) is 1.62. The van der Waals surface area contributed by atoms with Crippen molar-refractivity contribution in [2.75, 3.05) is 25.1 Å². The topological polar surface area (TPSA) is 66.8 Å². The Morgan fingerprint density at radius 1 is 1.44 bits per heavy atom. The Balaban J connectivity index is 2.41. The Bertz CT molecular complexity index is 455. The molecule has 0 aliphatic carbocycles. The highest BCUT2D eigenvalue weighted by atomic mass is 16.5. The number of rotatable bonds is 2. The lowest BCUT2D eigenvalue weighted by Gasteiger charge is -2.27. The van der Waals surface area contributed by atoms with Gasteiger partial charge in [0.25, 0.3) is 5.78 Å². The number of ether oxygens (including phenoxy) is 1. The molecule has 0 atom stereocenters. The van der Waals surface area contributed by atoms with Crippen molar-refractivity contribution in [3.8, 4) is 5.75 Å². The lowest BCUT2D eigenvalue weighted by molar-refractivity contribution is -0.131. The number of benzene rings is 1. The summed E-state index contributed by atoms with van der Waals surface area (Å²) < 4.78 is 5.39. The van der Waals surface area contributed by atoms with Gasteiger partial charge in [-0.3, -0.25) is 4.79 Å². The Labute approximate surface area is 92.2 Å². The molecule has 5 heteroatoms. The summed E-state index contributed by atoms with van der Waals surface area (Å²) in [5.74, 6) is -1.67. The van der Waals surface area contributed by atoms with E-state index in [2.05, 4.69) is 0 Å². The summed E-state index contributed by atoms with van der Waals surface area (Å²) in [5.41, 5.74) is 0.918. The van der Waals surface area contributed by atoms with Crippen molar-refractivity contribution in [1.82, 2.24) is 0 Å². The number of likely N-dealkylation sites (N-methyl/N-ethyl adjacent to an activating group) is 1.